The maximum Gasteiger partial charge on any atom is 0.0454 e. The zero-order valence-electron chi connectivity index (χ0n) is 10.2. The number of rotatable bonds is 5. The Kier molecular flexibility index (Phi) is 4.89. The van der Waals surface area contributed by atoms with Crippen molar-refractivity contribution < 1.29 is 0 Å². The van der Waals surface area contributed by atoms with Crippen molar-refractivity contribution in [2.24, 2.45) is 5.92 Å². The van der Waals surface area contributed by atoms with Crippen LogP contribution in [0, 0.1) is 5.92 Å². The minimum atomic E-state index is 0.398. The summed E-state index contributed by atoms with van der Waals surface area (Å²) in [6.07, 6.45) is 5.38. The minimum absolute atomic E-state index is 0.398. The molecule has 3 heteroatoms. The van der Waals surface area contributed by atoms with Gasteiger partial charge in [0.2, 0.25) is 0 Å². The van der Waals surface area contributed by atoms with Gasteiger partial charge in [0.25, 0.3) is 0 Å². The van der Waals surface area contributed by atoms with Crippen LogP contribution >= 0.6 is 27.5 Å². The van der Waals surface area contributed by atoms with E-state index in [1.165, 1.54) is 31.2 Å². The first-order chi connectivity index (χ1) is 8.20. The molecule has 1 aromatic carbocycles. The Morgan fingerprint density at radius 2 is 2.24 bits per heavy atom. The van der Waals surface area contributed by atoms with Gasteiger partial charge in [-0.05, 0) is 42.6 Å². The highest BCUT2D eigenvalue weighted by Crippen LogP contribution is 2.37. The normalized spacial score (nSPS) is 17.8. The molecule has 1 atom stereocenters. The Bertz CT molecular complexity index is 376. The van der Waals surface area contributed by atoms with Gasteiger partial charge < -0.3 is 5.32 Å². The van der Waals surface area contributed by atoms with E-state index in [-0.39, 0.29) is 0 Å². The first-order valence-electron chi connectivity index (χ1n) is 6.39. The van der Waals surface area contributed by atoms with E-state index in [0.29, 0.717) is 6.04 Å². The van der Waals surface area contributed by atoms with Crippen LogP contribution < -0.4 is 5.32 Å². The lowest BCUT2D eigenvalue weighted by Gasteiger charge is -2.30. The van der Waals surface area contributed by atoms with E-state index in [1.54, 1.807) is 0 Å². The van der Waals surface area contributed by atoms with Crippen LogP contribution in [-0.4, -0.2) is 6.54 Å². The minimum Gasteiger partial charge on any atom is -0.310 e. The lowest BCUT2D eigenvalue weighted by molar-refractivity contribution is 0.262. The van der Waals surface area contributed by atoms with Gasteiger partial charge in [-0.25, -0.2) is 0 Å². The third kappa shape index (κ3) is 3.46. The SMILES string of the molecule is CCNC(CC1CCC1)c1cc(Br)ccc1Cl. The Morgan fingerprint density at radius 3 is 2.82 bits per heavy atom. The molecule has 0 aliphatic heterocycles. The van der Waals surface area contributed by atoms with Gasteiger partial charge in [0.1, 0.15) is 0 Å². The topological polar surface area (TPSA) is 12.0 Å². The molecule has 1 unspecified atom stereocenters. The van der Waals surface area contributed by atoms with E-state index in [9.17, 15) is 0 Å². The molecule has 0 spiro atoms. The monoisotopic (exact) mass is 315 g/mol. The average molecular weight is 317 g/mol. The molecule has 94 valence electrons. The summed E-state index contributed by atoms with van der Waals surface area (Å²) < 4.78 is 1.11. The van der Waals surface area contributed by atoms with E-state index in [4.69, 9.17) is 11.6 Å². The Balaban J connectivity index is 2.14. The zero-order chi connectivity index (χ0) is 12.3. The fourth-order valence-electron chi connectivity index (χ4n) is 2.41. The molecular formula is C14H19BrClN. The second-order valence-electron chi connectivity index (χ2n) is 4.81. The summed E-state index contributed by atoms with van der Waals surface area (Å²) in [5.74, 6) is 0.883. The second-order valence-corrected chi connectivity index (χ2v) is 6.13. The van der Waals surface area contributed by atoms with Crippen molar-refractivity contribution >= 4 is 27.5 Å². The van der Waals surface area contributed by atoms with Gasteiger partial charge in [-0.1, -0.05) is 53.7 Å². The second kappa shape index (κ2) is 6.21. The Hall–Kier alpha value is -0.0500. The molecule has 0 saturated heterocycles. The lowest BCUT2D eigenvalue weighted by Crippen LogP contribution is -2.26. The molecule has 0 bridgehead atoms. The lowest BCUT2D eigenvalue weighted by atomic mass is 9.79. The summed E-state index contributed by atoms with van der Waals surface area (Å²) in [6.45, 7) is 3.14. The predicted octanol–water partition coefficient (Wildman–Crippen LogP) is 4.94. The first-order valence-corrected chi connectivity index (χ1v) is 7.56. The van der Waals surface area contributed by atoms with Crippen molar-refractivity contribution in [3.05, 3.63) is 33.3 Å². The van der Waals surface area contributed by atoms with E-state index in [0.717, 1.165) is 22.0 Å². The van der Waals surface area contributed by atoms with Gasteiger partial charge in [-0.2, -0.15) is 0 Å². The number of nitrogens with one attached hydrogen (secondary N) is 1. The molecule has 2 rings (SSSR count). The third-order valence-corrected chi connectivity index (χ3v) is 4.42. The molecule has 1 aliphatic rings. The van der Waals surface area contributed by atoms with Crippen LogP contribution in [0.1, 0.15) is 44.2 Å². The summed E-state index contributed by atoms with van der Waals surface area (Å²) in [5.41, 5.74) is 1.23. The summed E-state index contributed by atoms with van der Waals surface area (Å²) in [5, 5.41) is 4.43. The van der Waals surface area contributed by atoms with Crippen molar-refractivity contribution in [1.29, 1.82) is 0 Å². The molecule has 0 amide bonds. The zero-order valence-corrected chi connectivity index (χ0v) is 12.5. The summed E-state index contributed by atoms with van der Waals surface area (Å²) in [4.78, 5) is 0. The standard InChI is InChI=1S/C14H19BrClN/c1-2-17-14(8-10-4-3-5-10)12-9-11(15)6-7-13(12)16/h6-7,9-10,14,17H,2-5,8H2,1H3. The fraction of sp³-hybridized carbons (Fsp3) is 0.571. The first kappa shape index (κ1) is 13.4. The van der Waals surface area contributed by atoms with Gasteiger partial charge in [-0.15, -0.1) is 0 Å². The maximum absolute atomic E-state index is 6.31. The molecule has 0 aromatic heterocycles. The largest absolute Gasteiger partial charge is 0.310 e. The molecule has 1 nitrogen and oxygen atoms in total. The number of benzene rings is 1. The molecule has 1 saturated carbocycles. The molecule has 17 heavy (non-hydrogen) atoms. The van der Waals surface area contributed by atoms with Crippen molar-refractivity contribution in [1.82, 2.24) is 5.32 Å². The van der Waals surface area contributed by atoms with Gasteiger partial charge in [0.15, 0.2) is 0 Å². The number of hydrogen-bond donors (Lipinski definition) is 1. The highest BCUT2D eigenvalue weighted by atomic mass is 79.9. The fourth-order valence-corrected chi connectivity index (χ4v) is 3.04. The Labute approximate surface area is 117 Å². The van der Waals surface area contributed by atoms with E-state index in [2.05, 4.69) is 34.2 Å². The average Bonchev–Trinajstić information content (AvgIpc) is 2.25. The quantitative estimate of drug-likeness (QED) is 0.811. The van der Waals surface area contributed by atoms with Crippen LogP contribution in [0.4, 0.5) is 0 Å². The summed E-state index contributed by atoms with van der Waals surface area (Å²) >= 11 is 9.84. The van der Waals surface area contributed by atoms with Crippen molar-refractivity contribution in [2.75, 3.05) is 6.54 Å². The van der Waals surface area contributed by atoms with Crippen LogP contribution in [0.15, 0.2) is 22.7 Å². The van der Waals surface area contributed by atoms with Crippen molar-refractivity contribution in [2.45, 2.75) is 38.6 Å². The van der Waals surface area contributed by atoms with Crippen LogP contribution in [0.2, 0.25) is 5.02 Å². The van der Waals surface area contributed by atoms with E-state index < -0.39 is 0 Å². The maximum atomic E-state index is 6.31. The van der Waals surface area contributed by atoms with Gasteiger partial charge >= 0.3 is 0 Å². The summed E-state index contributed by atoms with van der Waals surface area (Å²) in [6, 6.07) is 6.52. The van der Waals surface area contributed by atoms with Gasteiger partial charge in [-0.3, -0.25) is 0 Å². The predicted molar refractivity (Wildman–Crippen MR) is 77.5 cm³/mol. The van der Waals surface area contributed by atoms with Gasteiger partial charge in [0, 0.05) is 15.5 Å². The number of halogens is 2. The molecule has 1 aliphatic carbocycles. The van der Waals surface area contributed by atoms with Crippen molar-refractivity contribution in [3.63, 3.8) is 0 Å². The smallest absolute Gasteiger partial charge is 0.0454 e. The molecule has 1 N–H and O–H groups in total. The van der Waals surface area contributed by atoms with E-state index in [1.807, 2.05) is 12.1 Å². The van der Waals surface area contributed by atoms with Gasteiger partial charge in [0.05, 0.1) is 0 Å². The molecule has 1 fully saturated rings. The van der Waals surface area contributed by atoms with Crippen LogP contribution in [-0.2, 0) is 0 Å². The number of hydrogen-bond acceptors (Lipinski definition) is 1. The third-order valence-electron chi connectivity index (χ3n) is 3.58. The Morgan fingerprint density at radius 1 is 1.47 bits per heavy atom. The molecular weight excluding hydrogens is 298 g/mol. The highest BCUT2D eigenvalue weighted by Gasteiger charge is 2.23. The van der Waals surface area contributed by atoms with E-state index >= 15 is 0 Å². The molecule has 1 aromatic rings. The van der Waals surface area contributed by atoms with Crippen molar-refractivity contribution in [3.8, 4) is 0 Å². The van der Waals surface area contributed by atoms with Crippen LogP contribution in [0.25, 0.3) is 0 Å². The highest BCUT2D eigenvalue weighted by molar-refractivity contribution is 9.10. The van der Waals surface area contributed by atoms with Crippen LogP contribution in [0.5, 0.6) is 0 Å². The van der Waals surface area contributed by atoms with Crippen LogP contribution in [0.3, 0.4) is 0 Å². The molecule has 0 radical (unpaired) electrons. The molecule has 0 heterocycles. The summed E-state index contributed by atoms with van der Waals surface area (Å²) in [7, 11) is 0.